The summed E-state index contributed by atoms with van der Waals surface area (Å²) in [6.07, 6.45) is 1.79. The van der Waals surface area contributed by atoms with Crippen molar-refractivity contribution in [2.24, 2.45) is 0 Å². The third-order valence-electron chi connectivity index (χ3n) is 2.68. The number of hydrogen-bond donors (Lipinski definition) is 1. The van der Waals surface area contributed by atoms with E-state index in [9.17, 15) is 0 Å². The van der Waals surface area contributed by atoms with Crippen molar-refractivity contribution < 1.29 is 4.42 Å². The fourth-order valence-electron chi connectivity index (χ4n) is 1.82. The van der Waals surface area contributed by atoms with E-state index in [0.29, 0.717) is 0 Å². The maximum atomic E-state index is 5.53. The molecular formula is C11H18N2OS. The lowest BCUT2D eigenvalue weighted by atomic mass is 10.2. The van der Waals surface area contributed by atoms with E-state index in [-0.39, 0.29) is 0 Å². The van der Waals surface area contributed by atoms with Gasteiger partial charge in [-0.2, -0.15) is 11.8 Å². The van der Waals surface area contributed by atoms with Gasteiger partial charge in [0.15, 0.2) is 0 Å². The lowest BCUT2D eigenvalue weighted by Gasteiger charge is -2.25. The molecule has 0 aliphatic carbocycles. The Kier molecular flexibility index (Phi) is 4.11. The summed E-state index contributed by atoms with van der Waals surface area (Å²) in [7, 11) is 1.97. The predicted octanol–water partition coefficient (Wildman–Crippen LogP) is 1.55. The number of rotatable bonds is 4. The monoisotopic (exact) mass is 226 g/mol. The molecule has 1 N–H and O–H groups in total. The molecule has 0 saturated carbocycles. The second-order valence-electron chi connectivity index (χ2n) is 3.79. The second kappa shape index (κ2) is 5.58. The Labute approximate surface area is 95.2 Å². The summed E-state index contributed by atoms with van der Waals surface area (Å²) < 4.78 is 5.53. The SMILES string of the molecule is CNCc1ccoc1CN1CCSCC1. The summed E-state index contributed by atoms with van der Waals surface area (Å²) in [6, 6.07) is 2.06. The van der Waals surface area contributed by atoms with Crippen LogP contribution in [0.15, 0.2) is 16.7 Å². The third-order valence-corrected chi connectivity index (χ3v) is 3.62. The van der Waals surface area contributed by atoms with Crippen molar-refractivity contribution >= 4 is 11.8 Å². The summed E-state index contributed by atoms with van der Waals surface area (Å²) in [5.41, 5.74) is 1.29. The zero-order valence-electron chi connectivity index (χ0n) is 9.16. The molecule has 0 radical (unpaired) electrons. The highest BCUT2D eigenvalue weighted by Gasteiger charge is 2.14. The highest BCUT2D eigenvalue weighted by Crippen LogP contribution is 2.16. The van der Waals surface area contributed by atoms with Crippen molar-refractivity contribution in [3.63, 3.8) is 0 Å². The lowest BCUT2D eigenvalue weighted by Crippen LogP contribution is -2.32. The Hall–Kier alpha value is -0.450. The highest BCUT2D eigenvalue weighted by molar-refractivity contribution is 7.99. The van der Waals surface area contributed by atoms with Crippen LogP contribution in [-0.2, 0) is 13.1 Å². The molecule has 4 heteroatoms. The van der Waals surface area contributed by atoms with E-state index in [1.54, 1.807) is 6.26 Å². The van der Waals surface area contributed by atoms with E-state index in [1.165, 1.54) is 30.2 Å². The van der Waals surface area contributed by atoms with E-state index in [0.717, 1.165) is 18.8 Å². The quantitative estimate of drug-likeness (QED) is 0.843. The number of nitrogens with one attached hydrogen (secondary N) is 1. The maximum absolute atomic E-state index is 5.53. The molecule has 0 spiro atoms. The third kappa shape index (κ3) is 3.00. The van der Waals surface area contributed by atoms with Gasteiger partial charge in [0, 0.05) is 36.7 Å². The average Bonchev–Trinajstić information content (AvgIpc) is 2.68. The van der Waals surface area contributed by atoms with Gasteiger partial charge in [0.1, 0.15) is 5.76 Å². The van der Waals surface area contributed by atoms with Crippen molar-refractivity contribution in [3.8, 4) is 0 Å². The predicted molar refractivity (Wildman–Crippen MR) is 64.1 cm³/mol. The molecule has 2 rings (SSSR count). The van der Waals surface area contributed by atoms with Crippen LogP contribution in [0.25, 0.3) is 0 Å². The van der Waals surface area contributed by atoms with Crippen LogP contribution in [0.5, 0.6) is 0 Å². The summed E-state index contributed by atoms with van der Waals surface area (Å²) in [6.45, 7) is 4.23. The molecule has 0 aromatic carbocycles. The number of nitrogens with zero attached hydrogens (tertiary/aromatic N) is 1. The van der Waals surface area contributed by atoms with E-state index in [4.69, 9.17) is 4.42 Å². The summed E-state index contributed by atoms with van der Waals surface area (Å²) in [4.78, 5) is 2.47. The van der Waals surface area contributed by atoms with Crippen molar-refractivity contribution in [1.82, 2.24) is 10.2 Å². The van der Waals surface area contributed by atoms with Crippen LogP contribution in [0.3, 0.4) is 0 Å². The van der Waals surface area contributed by atoms with Gasteiger partial charge in [-0.1, -0.05) is 0 Å². The van der Waals surface area contributed by atoms with E-state index in [1.807, 2.05) is 18.8 Å². The van der Waals surface area contributed by atoms with Crippen LogP contribution in [-0.4, -0.2) is 36.5 Å². The topological polar surface area (TPSA) is 28.4 Å². The van der Waals surface area contributed by atoms with Crippen molar-refractivity contribution in [1.29, 1.82) is 0 Å². The Balaban J connectivity index is 1.93. The molecule has 84 valence electrons. The standard InChI is InChI=1S/C11H18N2OS/c1-12-8-10-2-5-14-11(10)9-13-3-6-15-7-4-13/h2,5,12H,3-4,6-9H2,1H3. The van der Waals surface area contributed by atoms with Gasteiger partial charge >= 0.3 is 0 Å². The van der Waals surface area contributed by atoms with Gasteiger partial charge in [0.05, 0.1) is 12.8 Å². The summed E-state index contributed by atoms with van der Waals surface area (Å²) in [5, 5.41) is 3.17. The first-order chi connectivity index (χ1) is 7.40. The Morgan fingerprint density at radius 2 is 2.27 bits per heavy atom. The minimum atomic E-state index is 0.897. The summed E-state index contributed by atoms with van der Waals surface area (Å²) >= 11 is 2.04. The van der Waals surface area contributed by atoms with E-state index < -0.39 is 0 Å². The van der Waals surface area contributed by atoms with Crippen LogP contribution < -0.4 is 5.32 Å². The molecule has 1 aliphatic heterocycles. The average molecular weight is 226 g/mol. The van der Waals surface area contributed by atoms with Crippen molar-refractivity contribution in [2.75, 3.05) is 31.6 Å². The van der Waals surface area contributed by atoms with Crippen molar-refractivity contribution in [2.45, 2.75) is 13.1 Å². The molecule has 1 aromatic heterocycles. The largest absolute Gasteiger partial charge is 0.468 e. The van der Waals surface area contributed by atoms with Gasteiger partial charge in [0.25, 0.3) is 0 Å². The number of thioether (sulfide) groups is 1. The molecule has 0 bridgehead atoms. The minimum Gasteiger partial charge on any atom is -0.468 e. The zero-order chi connectivity index (χ0) is 10.5. The molecule has 3 nitrogen and oxygen atoms in total. The van der Waals surface area contributed by atoms with Crippen LogP contribution in [0.2, 0.25) is 0 Å². The Morgan fingerprint density at radius 3 is 3.00 bits per heavy atom. The molecule has 15 heavy (non-hydrogen) atoms. The fraction of sp³-hybridized carbons (Fsp3) is 0.636. The molecule has 0 amide bonds. The maximum Gasteiger partial charge on any atom is 0.122 e. The fourth-order valence-corrected chi connectivity index (χ4v) is 2.79. The van der Waals surface area contributed by atoms with Gasteiger partial charge in [-0.3, -0.25) is 4.90 Å². The lowest BCUT2D eigenvalue weighted by molar-refractivity contribution is 0.266. The Morgan fingerprint density at radius 1 is 1.47 bits per heavy atom. The molecule has 0 unspecified atom stereocenters. The zero-order valence-corrected chi connectivity index (χ0v) is 9.98. The van der Waals surface area contributed by atoms with Crippen LogP contribution in [0.1, 0.15) is 11.3 Å². The van der Waals surface area contributed by atoms with E-state index in [2.05, 4.69) is 16.3 Å². The molecule has 1 aliphatic rings. The van der Waals surface area contributed by atoms with Gasteiger partial charge in [0.2, 0.25) is 0 Å². The normalized spacial score (nSPS) is 18.2. The van der Waals surface area contributed by atoms with Gasteiger partial charge in [-0.05, 0) is 13.1 Å². The number of hydrogen-bond acceptors (Lipinski definition) is 4. The summed E-state index contributed by atoms with van der Waals surface area (Å²) in [5.74, 6) is 3.63. The minimum absolute atomic E-state index is 0.897. The number of furan rings is 1. The van der Waals surface area contributed by atoms with Gasteiger partial charge < -0.3 is 9.73 Å². The molecule has 1 saturated heterocycles. The van der Waals surface area contributed by atoms with E-state index >= 15 is 0 Å². The molecule has 2 heterocycles. The van der Waals surface area contributed by atoms with Crippen LogP contribution in [0, 0.1) is 0 Å². The van der Waals surface area contributed by atoms with Gasteiger partial charge in [-0.25, -0.2) is 0 Å². The smallest absolute Gasteiger partial charge is 0.122 e. The van der Waals surface area contributed by atoms with Gasteiger partial charge in [-0.15, -0.1) is 0 Å². The van der Waals surface area contributed by atoms with Crippen LogP contribution in [0.4, 0.5) is 0 Å². The van der Waals surface area contributed by atoms with Crippen LogP contribution >= 0.6 is 11.8 Å². The first-order valence-electron chi connectivity index (χ1n) is 5.40. The first-order valence-corrected chi connectivity index (χ1v) is 6.55. The molecular weight excluding hydrogens is 208 g/mol. The highest BCUT2D eigenvalue weighted by atomic mass is 32.2. The Bertz CT molecular complexity index is 295. The second-order valence-corrected chi connectivity index (χ2v) is 5.01. The molecule has 0 atom stereocenters. The molecule has 1 fully saturated rings. The molecule has 1 aromatic rings. The van der Waals surface area contributed by atoms with Crippen molar-refractivity contribution in [3.05, 3.63) is 23.7 Å². The first kappa shape index (κ1) is 11.0.